The first-order valence-electron chi connectivity index (χ1n) is 13.8. The van der Waals surface area contributed by atoms with E-state index in [-0.39, 0.29) is 41.0 Å². The van der Waals surface area contributed by atoms with Crippen LogP contribution in [0.3, 0.4) is 0 Å². The predicted molar refractivity (Wildman–Crippen MR) is 161 cm³/mol. The molecule has 3 fully saturated rings. The zero-order valence-corrected chi connectivity index (χ0v) is 25.5. The minimum atomic E-state index is -0.742. The zero-order valence-electron chi connectivity index (χ0n) is 23.1. The Morgan fingerprint density at radius 1 is 1.23 bits per heavy atom. The van der Waals surface area contributed by atoms with Crippen molar-refractivity contribution >= 4 is 51.1 Å². The Kier molecular flexibility index (Phi) is 9.33. The van der Waals surface area contributed by atoms with Crippen LogP contribution in [0.15, 0.2) is 43.5 Å². The van der Waals surface area contributed by atoms with Crippen LogP contribution in [0.5, 0.6) is 0 Å². The van der Waals surface area contributed by atoms with E-state index in [1.54, 1.807) is 38.6 Å². The topological polar surface area (TPSA) is 81.2 Å². The molecule has 1 N–H and O–H groups in total. The maximum Gasteiger partial charge on any atom is 0.251 e. The summed E-state index contributed by atoms with van der Waals surface area (Å²) in [7, 11) is 0. The van der Waals surface area contributed by atoms with Crippen molar-refractivity contribution in [3.63, 3.8) is 0 Å². The third-order valence-corrected chi connectivity index (χ3v) is 11.5. The number of alkyl halides is 1. The Hall–Kier alpha value is -2.10. The normalized spacial score (nSPS) is 28.9. The third kappa shape index (κ3) is 5.10. The van der Waals surface area contributed by atoms with E-state index in [9.17, 15) is 19.5 Å². The van der Waals surface area contributed by atoms with Gasteiger partial charge in [0.05, 0.1) is 16.6 Å². The Labute approximate surface area is 244 Å². The molecular formula is C30H40BrN3O4S. The SMILES string of the molecule is C=CCN(CCC)C(=O)[C@H]1[C@@H]2SC3(CC2Br)C(C(=O)N(CC=C)c2cc(C)ccc2C)N(CCCO)C(=O)[C@H]13. The fourth-order valence-electron chi connectivity index (χ4n) is 6.69. The van der Waals surface area contributed by atoms with Crippen LogP contribution in [-0.2, 0) is 14.4 Å². The van der Waals surface area contributed by atoms with Crippen molar-refractivity contribution in [3.05, 3.63) is 54.6 Å². The van der Waals surface area contributed by atoms with E-state index in [2.05, 4.69) is 29.1 Å². The summed E-state index contributed by atoms with van der Waals surface area (Å²) in [5.74, 6) is -1.45. The fraction of sp³-hybridized carbons (Fsp3) is 0.567. The molecule has 6 atom stereocenters. The molecule has 1 aromatic carbocycles. The lowest BCUT2D eigenvalue weighted by Crippen LogP contribution is -2.56. The molecule has 212 valence electrons. The second-order valence-corrected chi connectivity index (χ2v) is 13.6. The van der Waals surface area contributed by atoms with E-state index in [4.69, 9.17) is 0 Å². The van der Waals surface area contributed by atoms with Gasteiger partial charge in [0.15, 0.2) is 0 Å². The monoisotopic (exact) mass is 617 g/mol. The molecule has 4 rings (SSSR count). The predicted octanol–water partition coefficient (Wildman–Crippen LogP) is 4.09. The van der Waals surface area contributed by atoms with Gasteiger partial charge < -0.3 is 19.8 Å². The molecule has 0 aromatic heterocycles. The number of thioether (sulfide) groups is 1. The number of carbonyl (C=O) groups is 3. The average molecular weight is 619 g/mol. The summed E-state index contributed by atoms with van der Waals surface area (Å²) in [6.07, 6.45) is 5.23. The van der Waals surface area contributed by atoms with Crippen LogP contribution in [0.1, 0.15) is 37.3 Å². The summed E-state index contributed by atoms with van der Waals surface area (Å²) in [6, 6.07) is 5.27. The third-order valence-electron chi connectivity index (χ3n) is 8.25. The van der Waals surface area contributed by atoms with E-state index < -0.39 is 22.6 Å². The number of amides is 3. The Bertz CT molecular complexity index is 1150. The first kappa shape index (κ1) is 29.9. The van der Waals surface area contributed by atoms with E-state index in [1.807, 2.05) is 39.0 Å². The van der Waals surface area contributed by atoms with Gasteiger partial charge in [-0.25, -0.2) is 0 Å². The molecule has 1 aromatic rings. The van der Waals surface area contributed by atoms with Gasteiger partial charge in [0.25, 0.3) is 5.91 Å². The highest BCUT2D eigenvalue weighted by atomic mass is 79.9. The number of rotatable bonds is 12. The number of hydrogen-bond donors (Lipinski definition) is 1. The number of nitrogens with zero attached hydrogens (tertiary/aromatic N) is 3. The number of fused-ring (bicyclic) bond motifs is 1. The van der Waals surface area contributed by atoms with Crippen LogP contribution < -0.4 is 4.90 Å². The fourth-order valence-corrected chi connectivity index (χ4v) is 10.3. The van der Waals surface area contributed by atoms with Crippen LogP contribution in [0.2, 0.25) is 0 Å². The second-order valence-electron chi connectivity index (χ2n) is 10.9. The highest BCUT2D eigenvalue weighted by Gasteiger charge is 2.76. The molecule has 7 nitrogen and oxygen atoms in total. The van der Waals surface area contributed by atoms with Crippen LogP contribution in [0, 0.1) is 25.7 Å². The van der Waals surface area contributed by atoms with E-state index in [0.29, 0.717) is 32.5 Å². The summed E-state index contributed by atoms with van der Waals surface area (Å²) in [4.78, 5) is 48.1. The number of anilines is 1. The molecule has 1 spiro atoms. The molecule has 3 unspecified atom stereocenters. The smallest absolute Gasteiger partial charge is 0.251 e. The molecule has 0 aliphatic carbocycles. The van der Waals surface area contributed by atoms with Crippen molar-refractivity contribution in [3.8, 4) is 0 Å². The van der Waals surface area contributed by atoms with Gasteiger partial charge in [0.1, 0.15) is 6.04 Å². The van der Waals surface area contributed by atoms with Crippen LogP contribution in [-0.4, -0.2) is 86.3 Å². The largest absolute Gasteiger partial charge is 0.396 e. The first-order chi connectivity index (χ1) is 18.7. The Morgan fingerprint density at radius 3 is 2.59 bits per heavy atom. The maximum absolute atomic E-state index is 14.7. The Morgan fingerprint density at radius 2 is 1.95 bits per heavy atom. The molecule has 0 radical (unpaired) electrons. The van der Waals surface area contributed by atoms with Gasteiger partial charge in [-0.1, -0.05) is 47.1 Å². The standard InChI is InChI=1S/C30H40BrN3O4S/c1-6-12-32(13-7-2)27(36)23-24-28(37)34(15-9-16-35)26(30(24)18-21(31)25(23)39-30)29(38)33(14-8-3)22-17-19(4)10-11-20(22)5/h6,8,10-11,17,21,23-26,35H,1,3,7,9,12-16,18H2,2,4-5H3/t21?,23-,24+,25-,26?,30?/m1/s1. The quantitative estimate of drug-likeness (QED) is 0.282. The number of hydrogen-bond acceptors (Lipinski definition) is 5. The van der Waals surface area contributed by atoms with Crippen molar-refractivity contribution < 1.29 is 19.5 Å². The zero-order chi connectivity index (χ0) is 28.5. The molecule has 3 amide bonds. The van der Waals surface area contributed by atoms with Crippen molar-refractivity contribution in [2.75, 3.05) is 37.7 Å². The number of aliphatic hydroxyl groups is 1. The number of aliphatic hydroxyl groups excluding tert-OH is 1. The lowest BCUT2D eigenvalue weighted by Gasteiger charge is -2.38. The number of halogens is 1. The van der Waals surface area contributed by atoms with Crippen LogP contribution in [0.4, 0.5) is 5.69 Å². The van der Waals surface area contributed by atoms with Crippen LogP contribution in [0.25, 0.3) is 0 Å². The highest BCUT2D eigenvalue weighted by Crippen LogP contribution is 2.68. The van der Waals surface area contributed by atoms with Crippen LogP contribution >= 0.6 is 27.7 Å². The van der Waals surface area contributed by atoms with Gasteiger partial charge in [-0.2, -0.15) is 0 Å². The Balaban J connectivity index is 1.81. The molecular weight excluding hydrogens is 578 g/mol. The molecule has 9 heteroatoms. The second kappa shape index (κ2) is 12.2. The minimum absolute atomic E-state index is 0.00867. The van der Waals surface area contributed by atoms with E-state index >= 15 is 0 Å². The summed E-state index contributed by atoms with van der Waals surface area (Å²) in [5, 5.41) is 9.55. The lowest BCUT2D eigenvalue weighted by atomic mass is 9.70. The molecule has 0 saturated carbocycles. The highest BCUT2D eigenvalue weighted by molar-refractivity contribution is 9.09. The number of likely N-dealkylation sites (tertiary alicyclic amines) is 1. The molecule has 39 heavy (non-hydrogen) atoms. The lowest BCUT2D eigenvalue weighted by molar-refractivity contribution is -0.143. The summed E-state index contributed by atoms with van der Waals surface area (Å²) in [6.45, 7) is 15.2. The van der Waals surface area contributed by atoms with Crippen molar-refractivity contribution in [2.45, 2.75) is 60.9 Å². The van der Waals surface area contributed by atoms with Gasteiger partial charge in [0, 0.05) is 48.6 Å². The minimum Gasteiger partial charge on any atom is -0.396 e. The molecule has 3 heterocycles. The molecule has 3 aliphatic heterocycles. The molecule has 3 saturated heterocycles. The van der Waals surface area contributed by atoms with Gasteiger partial charge in [0.2, 0.25) is 11.8 Å². The molecule has 3 aliphatic rings. The molecule has 2 bridgehead atoms. The van der Waals surface area contributed by atoms with E-state index in [1.165, 1.54) is 0 Å². The maximum atomic E-state index is 14.7. The number of carbonyl (C=O) groups excluding carboxylic acids is 3. The summed E-state index contributed by atoms with van der Waals surface area (Å²) in [5.41, 5.74) is 2.80. The van der Waals surface area contributed by atoms with Gasteiger partial charge in [-0.3, -0.25) is 14.4 Å². The number of benzene rings is 1. The van der Waals surface area contributed by atoms with Gasteiger partial charge in [-0.05, 0) is 50.3 Å². The average Bonchev–Trinajstić information content (AvgIpc) is 3.50. The summed E-state index contributed by atoms with van der Waals surface area (Å²) >= 11 is 5.49. The van der Waals surface area contributed by atoms with Gasteiger partial charge >= 0.3 is 0 Å². The van der Waals surface area contributed by atoms with Crippen molar-refractivity contribution in [2.24, 2.45) is 11.8 Å². The van der Waals surface area contributed by atoms with Crippen molar-refractivity contribution in [1.29, 1.82) is 0 Å². The van der Waals surface area contributed by atoms with Gasteiger partial charge in [-0.15, -0.1) is 24.9 Å². The van der Waals surface area contributed by atoms with Crippen molar-refractivity contribution in [1.82, 2.24) is 9.80 Å². The van der Waals surface area contributed by atoms with E-state index in [0.717, 1.165) is 23.2 Å². The summed E-state index contributed by atoms with van der Waals surface area (Å²) < 4.78 is -0.730. The number of aryl methyl sites for hydroxylation is 2. The first-order valence-corrected chi connectivity index (χ1v) is 15.6.